The van der Waals surface area contributed by atoms with Crippen LogP contribution in [0.2, 0.25) is 0 Å². The molecule has 0 spiro atoms. The fourth-order valence-electron chi connectivity index (χ4n) is 2.00. The molecule has 21 heavy (non-hydrogen) atoms. The van der Waals surface area contributed by atoms with Gasteiger partial charge >= 0.3 is 0 Å². The number of nitrogens with two attached hydrogens (primary N) is 1. The molecule has 2 aromatic rings. The molecule has 1 aromatic carbocycles. The molecule has 0 aliphatic rings. The number of anilines is 2. The number of hydrogen-bond donors (Lipinski definition) is 3. The van der Waals surface area contributed by atoms with Crippen LogP contribution in [0, 0.1) is 6.92 Å². The summed E-state index contributed by atoms with van der Waals surface area (Å²) in [6.45, 7) is 5.37. The fraction of sp³-hybridized carbons (Fsp3) is 0.333. The van der Waals surface area contributed by atoms with Gasteiger partial charge in [0.2, 0.25) is 0 Å². The summed E-state index contributed by atoms with van der Waals surface area (Å²) in [5.74, 6) is 0.118. The van der Waals surface area contributed by atoms with Gasteiger partial charge in [0.1, 0.15) is 10.7 Å². The molecule has 0 unspecified atom stereocenters. The van der Waals surface area contributed by atoms with Gasteiger partial charge in [-0.3, -0.25) is 4.79 Å². The Kier molecular flexibility index (Phi) is 5.16. The summed E-state index contributed by atoms with van der Waals surface area (Å²) < 4.78 is 0. The van der Waals surface area contributed by atoms with Crippen LogP contribution in [0.3, 0.4) is 0 Å². The van der Waals surface area contributed by atoms with Crippen LogP contribution in [0.1, 0.15) is 27.7 Å². The third-order valence-electron chi connectivity index (χ3n) is 3.13. The lowest BCUT2D eigenvalue weighted by Gasteiger charge is -2.06. The van der Waals surface area contributed by atoms with E-state index in [4.69, 9.17) is 5.73 Å². The standard InChI is InChI=1S/C15H20N4OS/c1-3-17-15-19-13(16)12(21-15)14(20)18-9-8-11-7-5-4-6-10(11)2/h4-7H,3,8-9,16H2,1-2H3,(H,17,19)(H,18,20). The average molecular weight is 304 g/mol. The van der Waals surface area contributed by atoms with E-state index in [-0.39, 0.29) is 11.7 Å². The van der Waals surface area contributed by atoms with E-state index >= 15 is 0 Å². The Bertz CT molecular complexity index is 624. The Morgan fingerprint density at radius 3 is 2.86 bits per heavy atom. The monoisotopic (exact) mass is 304 g/mol. The fourth-order valence-corrected chi connectivity index (χ4v) is 2.87. The van der Waals surface area contributed by atoms with Crippen LogP contribution in [0.25, 0.3) is 0 Å². The van der Waals surface area contributed by atoms with Gasteiger partial charge in [-0.2, -0.15) is 0 Å². The van der Waals surface area contributed by atoms with E-state index in [9.17, 15) is 4.79 Å². The third-order valence-corrected chi connectivity index (χ3v) is 4.16. The van der Waals surface area contributed by atoms with E-state index in [1.54, 1.807) is 0 Å². The molecule has 0 saturated heterocycles. The van der Waals surface area contributed by atoms with Crippen LogP contribution >= 0.6 is 11.3 Å². The number of carbonyl (C=O) groups excluding carboxylic acids is 1. The first-order chi connectivity index (χ1) is 10.1. The van der Waals surface area contributed by atoms with E-state index in [1.807, 2.05) is 19.1 Å². The first-order valence-electron chi connectivity index (χ1n) is 6.94. The molecule has 112 valence electrons. The number of carbonyl (C=O) groups is 1. The third kappa shape index (κ3) is 3.95. The van der Waals surface area contributed by atoms with Crippen LogP contribution in [0.15, 0.2) is 24.3 Å². The highest BCUT2D eigenvalue weighted by Gasteiger charge is 2.15. The van der Waals surface area contributed by atoms with Gasteiger partial charge < -0.3 is 16.4 Å². The summed E-state index contributed by atoms with van der Waals surface area (Å²) in [5, 5.41) is 6.63. The number of nitrogen functional groups attached to an aromatic ring is 1. The number of aromatic nitrogens is 1. The maximum absolute atomic E-state index is 12.1. The van der Waals surface area contributed by atoms with E-state index in [2.05, 4.69) is 34.7 Å². The van der Waals surface area contributed by atoms with Gasteiger partial charge in [-0.05, 0) is 31.4 Å². The minimum Gasteiger partial charge on any atom is -0.382 e. The molecule has 0 atom stereocenters. The van der Waals surface area contributed by atoms with Crippen molar-refractivity contribution >= 4 is 28.2 Å². The molecule has 5 nitrogen and oxygen atoms in total. The van der Waals surface area contributed by atoms with E-state index in [1.165, 1.54) is 22.5 Å². The Morgan fingerprint density at radius 2 is 2.14 bits per heavy atom. The largest absolute Gasteiger partial charge is 0.382 e. The molecule has 2 rings (SSSR count). The summed E-state index contributed by atoms with van der Waals surface area (Å²) in [5.41, 5.74) is 8.25. The van der Waals surface area contributed by atoms with Crippen LogP contribution in [-0.4, -0.2) is 24.0 Å². The predicted molar refractivity (Wildman–Crippen MR) is 87.9 cm³/mol. The van der Waals surface area contributed by atoms with Crippen molar-refractivity contribution in [2.75, 3.05) is 24.1 Å². The number of benzene rings is 1. The summed E-state index contributed by atoms with van der Waals surface area (Å²) in [7, 11) is 0. The zero-order valence-electron chi connectivity index (χ0n) is 12.3. The van der Waals surface area contributed by atoms with Crippen LogP contribution in [0.5, 0.6) is 0 Å². The Balaban J connectivity index is 1.91. The van der Waals surface area contributed by atoms with Crippen LogP contribution in [-0.2, 0) is 6.42 Å². The lowest BCUT2D eigenvalue weighted by atomic mass is 10.1. The van der Waals surface area contributed by atoms with E-state index in [0.29, 0.717) is 16.6 Å². The predicted octanol–water partition coefficient (Wildman–Crippen LogP) is 2.44. The van der Waals surface area contributed by atoms with Gasteiger partial charge in [0.15, 0.2) is 5.13 Å². The summed E-state index contributed by atoms with van der Waals surface area (Å²) >= 11 is 1.28. The Labute approximate surface area is 128 Å². The van der Waals surface area contributed by atoms with Crippen molar-refractivity contribution in [1.29, 1.82) is 0 Å². The molecule has 0 radical (unpaired) electrons. The molecule has 0 aliphatic carbocycles. The first kappa shape index (κ1) is 15.3. The van der Waals surface area contributed by atoms with E-state index < -0.39 is 0 Å². The molecule has 4 N–H and O–H groups in total. The maximum Gasteiger partial charge on any atom is 0.265 e. The minimum atomic E-state index is -0.164. The lowest BCUT2D eigenvalue weighted by Crippen LogP contribution is -2.25. The van der Waals surface area contributed by atoms with Crippen molar-refractivity contribution in [3.8, 4) is 0 Å². The highest BCUT2D eigenvalue weighted by atomic mass is 32.1. The quantitative estimate of drug-likeness (QED) is 0.766. The second kappa shape index (κ2) is 7.08. The van der Waals surface area contributed by atoms with Crippen molar-refractivity contribution in [3.05, 3.63) is 40.3 Å². The zero-order valence-corrected chi connectivity index (χ0v) is 13.1. The number of rotatable bonds is 6. The topological polar surface area (TPSA) is 80.0 Å². The van der Waals surface area contributed by atoms with Crippen molar-refractivity contribution in [3.63, 3.8) is 0 Å². The first-order valence-corrected chi connectivity index (χ1v) is 7.76. The van der Waals surface area contributed by atoms with Gasteiger partial charge in [-0.1, -0.05) is 35.6 Å². The lowest BCUT2D eigenvalue weighted by molar-refractivity contribution is 0.0959. The van der Waals surface area contributed by atoms with E-state index in [0.717, 1.165) is 13.0 Å². The summed E-state index contributed by atoms with van der Waals surface area (Å²) in [6.07, 6.45) is 0.803. The Morgan fingerprint density at radius 1 is 1.38 bits per heavy atom. The molecule has 1 heterocycles. The number of hydrogen-bond acceptors (Lipinski definition) is 5. The highest BCUT2D eigenvalue weighted by Crippen LogP contribution is 2.24. The molecule has 0 saturated carbocycles. The molecule has 0 aliphatic heterocycles. The highest BCUT2D eigenvalue weighted by molar-refractivity contribution is 7.18. The number of amides is 1. The molecule has 6 heteroatoms. The second-order valence-electron chi connectivity index (χ2n) is 4.70. The second-order valence-corrected chi connectivity index (χ2v) is 5.70. The van der Waals surface area contributed by atoms with Gasteiger partial charge in [0.25, 0.3) is 5.91 Å². The molecular formula is C15H20N4OS. The zero-order chi connectivity index (χ0) is 15.2. The summed E-state index contributed by atoms with van der Waals surface area (Å²) in [6, 6.07) is 8.17. The summed E-state index contributed by atoms with van der Waals surface area (Å²) in [4.78, 5) is 16.7. The number of aryl methyl sites for hydroxylation is 1. The van der Waals surface area contributed by atoms with Gasteiger partial charge in [-0.15, -0.1) is 0 Å². The molecular weight excluding hydrogens is 284 g/mol. The average Bonchev–Trinajstić information content (AvgIpc) is 2.82. The molecule has 1 aromatic heterocycles. The van der Waals surface area contributed by atoms with Crippen molar-refractivity contribution < 1.29 is 4.79 Å². The molecule has 0 bridgehead atoms. The normalized spacial score (nSPS) is 10.4. The number of nitrogens with one attached hydrogen (secondary N) is 2. The van der Waals surface area contributed by atoms with Crippen LogP contribution < -0.4 is 16.4 Å². The van der Waals surface area contributed by atoms with Crippen molar-refractivity contribution in [2.45, 2.75) is 20.3 Å². The van der Waals surface area contributed by atoms with Gasteiger partial charge in [0.05, 0.1) is 0 Å². The van der Waals surface area contributed by atoms with Crippen molar-refractivity contribution in [1.82, 2.24) is 10.3 Å². The smallest absolute Gasteiger partial charge is 0.265 e. The molecule has 1 amide bonds. The number of thiazole rings is 1. The Hall–Kier alpha value is -2.08. The number of nitrogens with zero attached hydrogens (tertiary/aromatic N) is 1. The maximum atomic E-state index is 12.1. The van der Waals surface area contributed by atoms with Gasteiger partial charge in [-0.25, -0.2) is 4.98 Å². The van der Waals surface area contributed by atoms with Gasteiger partial charge in [0, 0.05) is 13.1 Å². The van der Waals surface area contributed by atoms with Crippen LogP contribution in [0.4, 0.5) is 10.9 Å². The van der Waals surface area contributed by atoms with Crippen molar-refractivity contribution in [2.24, 2.45) is 0 Å². The SMILES string of the molecule is CCNc1nc(N)c(C(=O)NCCc2ccccc2C)s1. The molecule has 0 fully saturated rings. The minimum absolute atomic E-state index is 0.164.